The highest BCUT2D eigenvalue weighted by Gasteiger charge is 2.60. The van der Waals surface area contributed by atoms with E-state index in [1.807, 2.05) is 0 Å². The number of rotatable bonds is 55. The number of carbonyl (C=O) groups excluding carboxylic acids is 2. The normalized spacial score (nSPS) is 39.8. The summed E-state index contributed by atoms with van der Waals surface area (Å²) in [5, 5.41) is 253. The van der Waals surface area contributed by atoms with Gasteiger partial charge in [-0.1, -0.05) is 168 Å². The Hall–Kier alpha value is -2.39. The average molecular weight is 1800 g/mol. The molecule has 44 nitrogen and oxygen atoms in total. The smallest absolute Gasteiger partial charge is 0.462 e. The van der Waals surface area contributed by atoms with E-state index in [-0.39, 0.29) is 12.8 Å². The van der Waals surface area contributed by atoms with E-state index in [4.69, 9.17) is 85.9 Å². The summed E-state index contributed by atoms with van der Waals surface area (Å²) in [4.78, 5) is 26.9. The van der Waals surface area contributed by atoms with Crippen molar-refractivity contribution >= 4 is 19.8 Å². The maximum Gasteiger partial charge on any atom is 0.491 e. The Balaban J connectivity index is 1.06. The van der Waals surface area contributed by atoms with Gasteiger partial charge in [0.05, 0.1) is 46.2 Å². The van der Waals surface area contributed by atoms with Crippen molar-refractivity contribution < 1.29 is 212 Å². The molecule has 7 rings (SSSR count). The minimum absolute atomic E-state index is 0.0270. The van der Waals surface area contributed by atoms with E-state index in [1.165, 1.54) is 77.0 Å². The molecule has 6 heterocycles. The van der Waals surface area contributed by atoms with E-state index in [9.17, 15) is 127 Å². The number of ether oxygens (including phenoxy) is 14. The Labute approximate surface area is 708 Å². The fourth-order valence-corrected chi connectivity index (χ4v) is 16.6. The van der Waals surface area contributed by atoms with Crippen LogP contribution >= 0.6 is 7.82 Å². The van der Waals surface area contributed by atoms with Crippen molar-refractivity contribution in [3.8, 4) is 0 Å². The van der Waals surface area contributed by atoms with Gasteiger partial charge in [-0.2, -0.15) is 0 Å². The maximum atomic E-state index is 15.0. The summed E-state index contributed by atoms with van der Waals surface area (Å²) in [6.07, 6.45) is -52.4. The molecule has 7 fully saturated rings. The fourth-order valence-electron chi connectivity index (χ4n) is 15.6. The van der Waals surface area contributed by atoms with Gasteiger partial charge in [0, 0.05) is 12.8 Å². The first-order valence-corrected chi connectivity index (χ1v) is 44.6. The summed E-state index contributed by atoms with van der Waals surface area (Å²) in [7, 11) is -5.63. The molecule has 0 bridgehead atoms. The number of nitrogens with two attached hydrogens (primary N) is 1. The van der Waals surface area contributed by atoms with Crippen LogP contribution in [0.3, 0.4) is 0 Å². The van der Waals surface area contributed by atoms with Crippen LogP contribution in [-0.4, -0.2) is 409 Å². The molecule has 0 radical (unpaired) electrons. The van der Waals surface area contributed by atoms with Crippen molar-refractivity contribution in [3.05, 3.63) is 0 Å². The molecule has 7 aliphatic rings. The van der Waals surface area contributed by atoms with Gasteiger partial charge < -0.3 is 184 Å². The lowest BCUT2D eigenvalue weighted by molar-refractivity contribution is -0.396. The molecule has 0 aromatic carbocycles. The highest BCUT2D eigenvalue weighted by atomic mass is 31.2. The first-order chi connectivity index (χ1) is 58.3. The fraction of sp³-hybridized carbons (Fsp3) is 0.974. The van der Waals surface area contributed by atoms with E-state index in [1.54, 1.807) is 0 Å². The quantitative estimate of drug-likeness (QED) is 0.0117. The molecule has 2 unspecified atom stereocenters. The summed E-state index contributed by atoms with van der Waals surface area (Å²) in [6.45, 7) is -3.50. The van der Waals surface area contributed by atoms with Crippen molar-refractivity contribution in [2.24, 2.45) is 5.90 Å². The SMILES string of the molecule is CCCCCCCCCCCCCCCC(=O)OC[C@H](COP(=O)(ON)O[C@@H]1[C@H](O[C@H]2O[C@H](CO)[C@@H](O)[C@H](O)[C@@H]2O)[C@H](O)C(O)[C@H](O)[C@H]1O[C@H]1O[C@H](CO[C@H]2O[C@H](CO[C@H]3O[C@H](CO)[C@@H](O)[C@H](O)[C@@H]3O[C@H]3O[C@H](CO)[C@@H](O)[C@H](O)[C@@H]3O[C@H]3O[C@H](CO)[C@@H](O)[C@H](O)[C@@H]3O)[C@@H](O)[C@H](O)[C@@H]2O)[C@@H](O)[C@H](O)[C@@H]1O)OC(=O)CCCCCCCCCCCCCCC. The number of hydrogen-bond donors (Lipinski definition) is 24. The second-order valence-corrected chi connectivity index (χ2v) is 34.2. The minimum Gasteiger partial charge on any atom is -0.462 e. The second kappa shape index (κ2) is 54.4. The van der Waals surface area contributed by atoms with E-state index < -0.39 is 300 Å². The maximum absolute atomic E-state index is 15.0. The van der Waals surface area contributed by atoms with Gasteiger partial charge >= 0.3 is 19.8 Å². The average Bonchev–Trinajstić information content (AvgIpc) is 0.748. The highest BCUT2D eigenvalue weighted by Crippen LogP contribution is 2.52. The third kappa shape index (κ3) is 30.6. The molecule has 1 aliphatic carbocycles. The molecule has 0 spiro atoms. The molecule has 122 heavy (non-hydrogen) atoms. The summed E-state index contributed by atoms with van der Waals surface area (Å²) >= 11 is 0. The minimum atomic E-state index is -5.63. The van der Waals surface area contributed by atoms with Crippen molar-refractivity contribution in [1.82, 2.24) is 0 Å². The number of aliphatic hydroxyl groups excluding tert-OH is 23. The van der Waals surface area contributed by atoms with Crippen molar-refractivity contribution in [3.63, 3.8) is 0 Å². The third-order valence-electron chi connectivity index (χ3n) is 23.2. The molecule has 25 N–H and O–H groups in total. The van der Waals surface area contributed by atoms with Crippen LogP contribution in [-0.2, 0) is 94.1 Å². The van der Waals surface area contributed by atoms with Crippen LogP contribution in [0.4, 0.5) is 0 Å². The zero-order valence-electron chi connectivity index (χ0n) is 69.3. The van der Waals surface area contributed by atoms with Crippen molar-refractivity contribution in [2.75, 3.05) is 52.9 Å². The number of esters is 2. The lowest BCUT2D eigenvalue weighted by Crippen LogP contribution is -2.69. The number of carbonyl (C=O) groups is 2. The second-order valence-electron chi connectivity index (χ2n) is 32.6. The largest absolute Gasteiger partial charge is 0.491 e. The molecule has 1 saturated carbocycles. The number of aliphatic hydroxyl groups is 23. The van der Waals surface area contributed by atoms with E-state index in [0.29, 0.717) is 19.3 Å². The first kappa shape index (κ1) is 107. The monoisotopic (exact) mass is 1800 g/mol. The Morgan fingerprint density at radius 3 is 0.975 bits per heavy atom. The zero-order valence-corrected chi connectivity index (χ0v) is 70.2. The molecular weight excluding hydrogens is 1660 g/mol. The topological polar surface area (TPSA) is 699 Å². The van der Waals surface area contributed by atoms with Crippen LogP contribution < -0.4 is 5.90 Å². The molecule has 0 aromatic heterocycles. The van der Waals surface area contributed by atoms with E-state index in [2.05, 4.69) is 13.8 Å². The highest BCUT2D eigenvalue weighted by molar-refractivity contribution is 7.48. The van der Waals surface area contributed by atoms with Crippen LogP contribution in [0.2, 0.25) is 0 Å². The van der Waals surface area contributed by atoms with Gasteiger partial charge in [-0.15, -0.1) is 0 Å². The van der Waals surface area contributed by atoms with E-state index in [0.717, 1.165) is 70.6 Å². The van der Waals surface area contributed by atoms with Crippen LogP contribution in [0, 0.1) is 0 Å². The van der Waals surface area contributed by atoms with Gasteiger partial charge in [0.1, 0.15) is 190 Å². The summed E-state index contributed by atoms with van der Waals surface area (Å²) in [6, 6.07) is 0. The zero-order chi connectivity index (χ0) is 89.5. The van der Waals surface area contributed by atoms with Gasteiger partial charge in [0.2, 0.25) is 0 Å². The molecule has 716 valence electrons. The molecule has 38 atom stereocenters. The number of phosphoric ester groups is 1. The van der Waals surface area contributed by atoms with Crippen LogP contribution in [0.1, 0.15) is 194 Å². The van der Waals surface area contributed by atoms with Gasteiger partial charge in [-0.3, -0.25) is 18.6 Å². The Morgan fingerprint density at radius 2 is 0.590 bits per heavy atom. The lowest BCUT2D eigenvalue weighted by atomic mass is 9.84. The number of hydrogen-bond acceptors (Lipinski definition) is 44. The van der Waals surface area contributed by atoms with Crippen LogP contribution in [0.25, 0.3) is 0 Å². The van der Waals surface area contributed by atoms with Gasteiger partial charge in [-0.05, 0) is 12.8 Å². The lowest BCUT2D eigenvalue weighted by Gasteiger charge is -2.49. The summed E-state index contributed by atoms with van der Waals surface area (Å²) < 4.78 is 112. The molecule has 0 amide bonds. The molecular formula is C77H140NO43P. The van der Waals surface area contributed by atoms with Gasteiger partial charge in [-0.25, -0.2) is 15.1 Å². The molecule has 6 aliphatic heterocycles. The summed E-state index contributed by atoms with van der Waals surface area (Å²) in [5.74, 6) is 4.16. The van der Waals surface area contributed by atoms with Gasteiger partial charge in [0.15, 0.2) is 43.8 Å². The van der Waals surface area contributed by atoms with Gasteiger partial charge in [0.25, 0.3) is 0 Å². The van der Waals surface area contributed by atoms with Crippen molar-refractivity contribution in [2.45, 2.75) is 421 Å². The summed E-state index contributed by atoms with van der Waals surface area (Å²) in [5.41, 5.74) is 0. The van der Waals surface area contributed by atoms with Crippen molar-refractivity contribution in [1.29, 1.82) is 0 Å². The van der Waals surface area contributed by atoms with Crippen LogP contribution in [0.15, 0.2) is 0 Å². The number of unbranched alkanes of at least 4 members (excludes halogenated alkanes) is 24. The predicted octanol–water partition coefficient (Wildman–Crippen LogP) is -5.43. The Bertz CT molecular complexity index is 2920. The molecule has 45 heteroatoms. The Morgan fingerprint density at radius 1 is 0.311 bits per heavy atom. The first-order valence-electron chi connectivity index (χ1n) is 43.2. The third-order valence-corrected chi connectivity index (χ3v) is 24.4. The molecule has 6 saturated heterocycles. The van der Waals surface area contributed by atoms with Crippen LogP contribution in [0.5, 0.6) is 0 Å². The number of phosphoric acid groups is 1. The predicted molar refractivity (Wildman–Crippen MR) is 411 cm³/mol. The molecule has 0 aromatic rings. The Kier molecular flexibility index (Phi) is 47.6. The standard InChI is InChI=1S/C77H140NO43P/c1-3-5-7-9-11-13-15-17-19-21-23-25-27-29-46(83)105-35-39(109-47(84)30-28-26-24-22-20-18-16-14-12-10-8-6-4-2)36-108-122(104,121-78)120-71-67(116-73-64(101)54(91)48(85)40(31-79)110-73)61(98)58(95)62(99)68(71)117-75-66(103)57(94)53(90)45(115-75)37-106-72-63(100)56(93)52(89)44(114-72)38-107-76-69(59(96)50(87)42(33-81)112-76)119-77-70(60(97)51(88)43(34-82)113-77)118-74-65(102)55(92)49(86)41(32-80)111-74/h39-45,48-77,79-82,85-103H,3-38,78H2,1-2H3/t39-,40-,41-,42-,43-,44-,45-,48-,49-,50-,51-,52-,53-,54+,55+,56+,57+,58?,59+,60+,61-,62+,63+,64+,65+,66+,67-,68-,69+,70+,71-,72+,73-,74-,75-,76+,77-,122?/m1/s1. The van der Waals surface area contributed by atoms with E-state index >= 15 is 4.57 Å².